The number of hydrogen-bond acceptors (Lipinski definition) is 3. The van der Waals surface area contributed by atoms with Crippen LogP contribution < -0.4 is 10.6 Å². The molecule has 2 N–H and O–H groups in total. The van der Waals surface area contributed by atoms with Crippen LogP contribution in [0.15, 0.2) is 0 Å². The monoisotopic (exact) mass is 240 g/mol. The Labute approximate surface area is 103 Å². The van der Waals surface area contributed by atoms with Gasteiger partial charge in [0, 0.05) is 19.1 Å². The van der Waals surface area contributed by atoms with Crippen LogP contribution in [0.25, 0.3) is 0 Å². The largest absolute Gasteiger partial charge is 0.366 e. The smallest absolute Gasteiger partial charge is 0.250 e. The average Bonchev–Trinajstić information content (AvgIpc) is 2.33. The van der Waals surface area contributed by atoms with Crippen LogP contribution in [0.1, 0.15) is 39.5 Å². The zero-order valence-corrected chi connectivity index (χ0v) is 10.9. The number of carbonyl (C=O) groups is 1. The van der Waals surface area contributed by atoms with Crippen molar-refractivity contribution in [2.75, 3.05) is 19.7 Å². The zero-order chi connectivity index (χ0) is 12.3. The van der Waals surface area contributed by atoms with Gasteiger partial charge in [-0.1, -0.05) is 26.7 Å². The Hall–Kier alpha value is -0.610. The molecular formula is C13H24N2O2. The average molecular weight is 240 g/mol. The molecule has 0 aromatic carbocycles. The van der Waals surface area contributed by atoms with E-state index in [2.05, 4.69) is 24.5 Å². The minimum Gasteiger partial charge on any atom is -0.366 e. The quantitative estimate of drug-likeness (QED) is 0.759. The van der Waals surface area contributed by atoms with E-state index in [1.54, 1.807) is 0 Å². The van der Waals surface area contributed by atoms with Gasteiger partial charge in [-0.05, 0) is 18.3 Å². The molecule has 1 saturated carbocycles. The number of morpholine rings is 1. The predicted octanol–water partition coefficient (Wildman–Crippen LogP) is 1.06. The fourth-order valence-corrected chi connectivity index (χ4v) is 2.76. The number of rotatable bonds is 2. The SMILES string of the molecule is CC1(C)CCCCC1NC(=O)C1CNCCO1. The molecule has 2 fully saturated rings. The summed E-state index contributed by atoms with van der Waals surface area (Å²) in [6.45, 7) is 6.61. The third-order valence-electron chi connectivity index (χ3n) is 4.04. The molecule has 4 nitrogen and oxygen atoms in total. The van der Waals surface area contributed by atoms with Crippen molar-refractivity contribution in [3.63, 3.8) is 0 Å². The standard InChI is InChI=1S/C13H24N2O2/c1-13(2)6-4-3-5-11(13)15-12(16)10-9-14-7-8-17-10/h10-11,14H,3-9H2,1-2H3,(H,15,16). The lowest BCUT2D eigenvalue weighted by Gasteiger charge is -2.39. The highest BCUT2D eigenvalue weighted by Crippen LogP contribution is 2.35. The second kappa shape index (κ2) is 5.36. The van der Waals surface area contributed by atoms with Gasteiger partial charge in [0.05, 0.1) is 6.61 Å². The van der Waals surface area contributed by atoms with E-state index in [9.17, 15) is 4.79 Å². The maximum Gasteiger partial charge on any atom is 0.250 e. The van der Waals surface area contributed by atoms with Crippen LogP contribution >= 0.6 is 0 Å². The van der Waals surface area contributed by atoms with Crippen LogP contribution in [0.4, 0.5) is 0 Å². The van der Waals surface area contributed by atoms with Gasteiger partial charge in [-0.15, -0.1) is 0 Å². The van der Waals surface area contributed by atoms with Crippen molar-refractivity contribution in [2.45, 2.75) is 51.7 Å². The molecule has 0 aromatic heterocycles. The first-order chi connectivity index (χ1) is 8.09. The molecule has 1 amide bonds. The number of nitrogens with one attached hydrogen (secondary N) is 2. The highest BCUT2D eigenvalue weighted by molar-refractivity contribution is 5.81. The van der Waals surface area contributed by atoms with E-state index in [-0.39, 0.29) is 17.4 Å². The molecular weight excluding hydrogens is 216 g/mol. The molecule has 2 rings (SSSR count). The molecule has 0 spiro atoms. The maximum atomic E-state index is 12.1. The van der Waals surface area contributed by atoms with E-state index >= 15 is 0 Å². The van der Waals surface area contributed by atoms with E-state index in [1.807, 2.05) is 0 Å². The molecule has 2 unspecified atom stereocenters. The van der Waals surface area contributed by atoms with E-state index in [1.165, 1.54) is 19.3 Å². The highest BCUT2D eigenvalue weighted by atomic mass is 16.5. The van der Waals surface area contributed by atoms with Crippen molar-refractivity contribution in [1.29, 1.82) is 0 Å². The molecule has 1 heterocycles. The summed E-state index contributed by atoms with van der Waals surface area (Å²) in [4.78, 5) is 12.1. The minimum atomic E-state index is -0.304. The van der Waals surface area contributed by atoms with Gasteiger partial charge in [-0.25, -0.2) is 0 Å². The van der Waals surface area contributed by atoms with E-state index < -0.39 is 0 Å². The fourth-order valence-electron chi connectivity index (χ4n) is 2.76. The molecule has 0 aromatic rings. The number of hydrogen-bond donors (Lipinski definition) is 2. The predicted molar refractivity (Wildman–Crippen MR) is 66.8 cm³/mol. The lowest BCUT2D eigenvalue weighted by atomic mass is 9.73. The van der Waals surface area contributed by atoms with Gasteiger partial charge < -0.3 is 15.4 Å². The Morgan fingerprint density at radius 3 is 2.88 bits per heavy atom. The summed E-state index contributed by atoms with van der Waals surface area (Å²) in [7, 11) is 0. The molecule has 2 aliphatic rings. The van der Waals surface area contributed by atoms with Gasteiger partial charge in [-0.2, -0.15) is 0 Å². The first kappa shape index (κ1) is 12.8. The normalized spacial score (nSPS) is 33.1. The first-order valence-electron chi connectivity index (χ1n) is 6.72. The highest BCUT2D eigenvalue weighted by Gasteiger charge is 2.34. The van der Waals surface area contributed by atoms with Crippen molar-refractivity contribution in [3.8, 4) is 0 Å². The summed E-state index contributed by atoms with van der Waals surface area (Å²) in [5.74, 6) is 0.0529. The van der Waals surface area contributed by atoms with Crippen molar-refractivity contribution in [1.82, 2.24) is 10.6 Å². The lowest BCUT2D eigenvalue weighted by Crippen LogP contribution is -2.54. The summed E-state index contributed by atoms with van der Waals surface area (Å²) in [5, 5.41) is 6.36. The van der Waals surface area contributed by atoms with Crippen LogP contribution in [-0.2, 0) is 9.53 Å². The first-order valence-corrected chi connectivity index (χ1v) is 6.72. The summed E-state index contributed by atoms with van der Waals surface area (Å²) in [5.41, 5.74) is 0.218. The third kappa shape index (κ3) is 3.19. The molecule has 0 radical (unpaired) electrons. The number of carbonyl (C=O) groups excluding carboxylic acids is 1. The summed E-state index contributed by atoms with van der Waals surface area (Å²) >= 11 is 0. The molecule has 1 aliphatic carbocycles. The van der Waals surface area contributed by atoms with Gasteiger partial charge in [0.1, 0.15) is 6.10 Å². The van der Waals surface area contributed by atoms with Crippen molar-refractivity contribution < 1.29 is 9.53 Å². The second-order valence-corrected chi connectivity index (χ2v) is 5.86. The lowest BCUT2D eigenvalue weighted by molar-refractivity contribution is -0.136. The van der Waals surface area contributed by atoms with E-state index in [0.717, 1.165) is 13.0 Å². The van der Waals surface area contributed by atoms with Crippen LogP contribution in [0.2, 0.25) is 0 Å². The Kier molecular flexibility index (Phi) is 4.05. The Balaban J connectivity index is 1.88. The third-order valence-corrected chi connectivity index (χ3v) is 4.04. The van der Waals surface area contributed by atoms with Gasteiger partial charge in [0.15, 0.2) is 0 Å². The molecule has 1 aliphatic heterocycles. The van der Waals surface area contributed by atoms with Crippen LogP contribution in [0.5, 0.6) is 0 Å². The maximum absolute atomic E-state index is 12.1. The van der Waals surface area contributed by atoms with Crippen molar-refractivity contribution in [3.05, 3.63) is 0 Å². The Bertz CT molecular complexity index is 273. The van der Waals surface area contributed by atoms with Crippen LogP contribution in [0.3, 0.4) is 0 Å². The summed E-state index contributed by atoms with van der Waals surface area (Å²) in [6, 6.07) is 0.300. The number of ether oxygens (including phenoxy) is 1. The molecule has 1 saturated heterocycles. The zero-order valence-electron chi connectivity index (χ0n) is 10.9. The Morgan fingerprint density at radius 1 is 1.41 bits per heavy atom. The van der Waals surface area contributed by atoms with Crippen LogP contribution in [0, 0.1) is 5.41 Å². The van der Waals surface area contributed by atoms with Gasteiger partial charge >= 0.3 is 0 Å². The number of amides is 1. The van der Waals surface area contributed by atoms with Gasteiger partial charge in [0.2, 0.25) is 0 Å². The Morgan fingerprint density at radius 2 is 2.24 bits per heavy atom. The van der Waals surface area contributed by atoms with E-state index in [4.69, 9.17) is 4.74 Å². The molecule has 17 heavy (non-hydrogen) atoms. The van der Waals surface area contributed by atoms with Crippen LogP contribution in [-0.4, -0.2) is 37.7 Å². The molecule has 0 bridgehead atoms. The van der Waals surface area contributed by atoms with Crippen molar-refractivity contribution >= 4 is 5.91 Å². The molecule has 2 atom stereocenters. The molecule has 98 valence electrons. The summed E-state index contributed by atoms with van der Waals surface area (Å²) in [6.07, 6.45) is 4.49. The van der Waals surface area contributed by atoms with Gasteiger partial charge in [-0.3, -0.25) is 4.79 Å². The summed E-state index contributed by atoms with van der Waals surface area (Å²) < 4.78 is 5.47. The fraction of sp³-hybridized carbons (Fsp3) is 0.923. The minimum absolute atomic E-state index is 0.0529. The van der Waals surface area contributed by atoms with E-state index in [0.29, 0.717) is 19.2 Å². The molecule has 4 heteroatoms. The van der Waals surface area contributed by atoms with Crippen molar-refractivity contribution in [2.24, 2.45) is 5.41 Å². The second-order valence-electron chi connectivity index (χ2n) is 5.86. The van der Waals surface area contributed by atoms with Gasteiger partial charge in [0.25, 0.3) is 5.91 Å². The topological polar surface area (TPSA) is 50.4 Å².